The largest absolute Gasteiger partial charge is 0.417 e. The summed E-state index contributed by atoms with van der Waals surface area (Å²) in [6.07, 6.45) is -3.90. The van der Waals surface area contributed by atoms with Gasteiger partial charge in [-0.15, -0.1) is 0 Å². The number of halogens is 4. The van der Waals surface area contributed by atoms with Crippen molar-refractivity contribution >= 4 is 23.4 Å². The van der Waals surface area contributed by atoms with Crippen molar-refractivity contribution in [3.63, 3.8) is 0 Å². The molecule has 21 heavy (non-hydrogen) atoms. The van der Waals surface area contributed by atoms with E-state index in [2.05, 4.69) is 10.6 Å². The zero-order chi connectivity index (χ0) is 15.6. The zero-order valence-electron chi connectivity index (χ0n) is 10.8. The van der Waals surface area contributed by atoms with Gasteiger partial charge in [0.2, 0.25) is 11.8 Å². The molecule has 1 atom stereocenters. The summed E-state index contributed by atoms with van der Waals surface area (Å²) in [5.74, 6) is -0.651. The fourth-order valence-corrected chi connectivity index (χ4v) is 2.35. The average molecular weight is 321 g/mol. The van der Waals surface area contributed by atoms with Gasteiger partial charge in [0.25, 0.3) is 0 Å². The van der Waals surface area contributed by atoms with Gasteiger partial charge in [-0.05, 0) is 18.1 Å². The summed E-state index contributed by atoms with van der Waals surface area (Å²) in [6.45, 7) is -0.131. The minimum absolute atomic E-state index is 0.131. The molecule has 0 radical (unpaired) electrons. The second-order valence-corrected chi connectivity index (χ2v) is 5.03. The van der Waals surface area contributed by atoms with E-state index in [1.165, 1.54) is 12.1 Å². The second kappa shape index (κ2) is 5.93. The molecule has 2 rings (SSSR count). The maximum Gasteiger partial charge on any atom is 0.417 e. The van der Waals surface area contributed by atoms with E-state index in [9.17, 15) is 22.8 Å². The van der Waals surface area contributed by atoms with E-state index in [1.54, 1.807) is 0 Å². The van der Waals surface area contributed by atoms with Crippen molar-refractivity contribution in [2.75, 3.05) is 0 Å². The van der Waals surface area contributed by atoms with E-state index < -0.39 is 28.7 Å². The molecule has 4 nitrogen and oxygen atoms in total. The summed E-state index contributed by atoms with van der Waals surface area (Å²) in [6, 6.07) is 2.88. The molecule has 1 unspecified atom stereocenters. The monoisotopic (exact) mass is 320 g/mol. The SMILES string of the molecule is O=C1CCC(C(=O)NCc2cccc(C(F)(F)F)c2Cl)N1. The van der Waals surface area contributed by atoms with Gasteiger partial charge in [0, 0.05) is 13.0 Å². The van der Waals surface area contributed by atoms with Crippen LogP contribution in [0.25, 0.3) is 0 Å². The lowest BCUT2D eigenvalue weighted by atomic mass is 10.1. The average Bonchev–Trinajstić information content (AvgIpc) is 2.82. The van der Waals surface area contributed by atoms with Gasteiger partial charge >= 0.3 is 6.18 Å². The van der Waals surface area contributed by atoms with Crippen LogP contribution in [0.3, 0.4) is 0 Å². The number of hydrogen-bond acceptors (Lipinski definition) is 2. The van der Waals surface area contributed by atoms with Crippen LogP contribution in [-0.4, -0.2) is 17.9 Å². The summed E-state index contributed by atoms with van der Waals surface area (Å²) < 4.78 is 38.1. The molecule has 0 saturated carbocycles. The second-order valence-electron chi connectivity index (χ2n) is 4.65. The number of hydrogen-bond donors (Lipinski definition) is 2. The van der Waals surface area contributed by atoms with Crippen LogP contribution in [0.2, 0.25) is 5.02 Å². The van der Waals surface area contributed by atoms with Crippen molar-refractivity contribution in [3.05, 3.63) is 34.3 Å². The molecule has 114 valence electrons. The Morgan fingerprint density at radius 1 is 1.43 bits per heavy atom. The van der Waals surface area contributed by atoms with E-state index in [4.69, 9.17) is 11.6 Å². The molecule has 2 N–H and O–H groups in total. The first-order valence-electron chi connectivity index (χ1n) is 6.20. The van der Waals surface area contributed by atoms with Crippen LogP contribution < -0.4 is 10.6 Å². The molecule has 1 aromatic carbocycles. The molecular formula is C13H12ClF3N2O2. The van der Waals surface area contributed by atoms with Crippen LogP contribution in [0.5, 0.6) is 0 Å². The van der Waals surface area contributed by atoms with Crippen LogP contribution in [-0.2, 0) is 22.3 Å². The molecule has 1 fully saturated rings. The number of amides is 2. The molecule has 1 saturated heterocycles. The number of rotatable bonds is 3. The van der Waals surface area contributed by atoms with Gasteiger partial charge in [-0.3, -0.25) is 9.59 Å². The highest BCUT2D eigenvalue weighted by molar-refractivity contribution is 6.32. The topological polar surface area (TPSA) is 58.2 Å². The number of carbonyl (C=O) groups is 2. The third kappa shape index (κ3) is 3.66. The first kappa shape index (κ1) is 15.6. The number of alkyl halides is 3. The highest BCUT2D eigenvalue weighted by Crippen LogP contribution is 2.36. The van der Waals surface area contributed by atoms with Gasteiger partial charge in [-0.1, -0.05) is 23.7 Å². The minimum Gasteiger partial charge on any atom is -0.350 e. The van der Waals surface area contributed by atoms with E-state index >= 15 is 0 Å². The van der Waals surface area contributed by atoms with Gasteiger partial charge < -0.3 is 10.6 Å². The Kier molecular flexibility index (Phi) is 4.41. The maximum absolute atomic E-state index is 12.7. The Bertz CT molecular complexity index is 575. The van der Waals surface area contributed by atoms with Crippen molar-refractivity contribution in [3.8, 4) is 0 Å². The lowest BCUT2D eigenvalue weighted by Gasteiger charge is -2.14. The number of carbonyl (C=O) groups excluding carboxylic acids is 2. The van der Waals surface area contributed by atoms with Crippen molar-refractivity contribution in [2.45, 2.75) is 31.6 Å². The molecule has 1 aliphatic rings. The third-order valence-corrected chi connectivity index (χ3v) is 3.60. The number of nitrogens with one attached hydrogen (secondary N) is 2. The fourth-order valence-electron chi connectivity index (χ4n) is 2.05. The minimum atomic E-state index is -4.55. The standard InChI is InChI=1S/C13H12ClF3N2O2/c14-11-7(2-1-3-8(11)13(15,16)17)6-18-12(21)9-4-5-10(20)19-9/h1-3,9H,4-6H2,(H,18,21)(H,19,20). The highest BCUT2D eigenvalue weighted by Gasteiger charge is 2.34. The molecule has 0 bridgehead atoms. The van der Waals surface area contributed by atoms with Crippen molar-refractivity contribution in [2.24, 2.45) is 0 Å². The Labute approximate surface area is 123 Å². The molecule has 0 aliphatic carbocycles. The maximum atomic E-state index is 12.7. The Balaban J connectivity index is 2.04. The van der Waals surface area contributed by atoms with Crippen molar-refractivity contribution < 1.29 is 22.8 Å². The van der Waals surface area contributed by atoms with Crippen molar-refractivity contribution in [1.82, 2.24) is 10.6 Å². The van der Waals surface area contributed by atoms with Crippen LogP contribution in [0.15, 0.2) is 18.2 Å². The summed E-state index contributed by atoms with van der Waals surface area (Å²) >= 11 is 5.72. The molecule has 0 aromatic heterocycles. The molecule has 1 heterocycles. The van der Waals surface area contributed by atoms with Crippen molar-refractivity contribution in [1.29, 1.82) is 0 Å². The van der Waals surface area contributed by atoms with E-state index in [-0.39, 0.29) is 24.4 Å². The normalized spacial score (nSPS) is 18.5. The Hall–Kier alpha value is -1.76. The lowest BCUT2D eigenvalue weighted by molar-refractivity contribution is -0.137. The quantitative estimate of drug-likeness (QED) is 0.897. The Morgan fingerprint density at radius 2 is 2.14 bits per heavy atom. The summed E-state index contributed by atoms with van der Waals surface area (Å²) in [7, 11) is 0. The van der Waals surface area contributed by atoms with Gasteiger partial charge in [0.15, 0.2) is 0 Å². The molecule has 0 spiro atoms. The van der Waals surface area contributed by atoms with Crippen LogP contribution in [0.4, 0.5) is 13.2 Å². The summed E-state index contributed by atoms with van der Waals surface area (Å²) in [5, 5.41) is 4.52. The van der Waals surface area contributed by atoms with Gasteiger partial charge in [-0.2, -0.15) is 13.2 Å². The molecule has 8 heteroatoms. The smallest absolute Gasteiger partial charge is 0.350 e. The van der Waals surface area contributed by atoms with E-state index in [1.807, 2.05) is 0 Å². The zero-order valence-corrected chi connectivity index (χ0v) is 11.5. The Morgan fingerprint density at radius 3 is 2.71 bits per heavy atom. The molecule has 1 aromatic rings. The van der Waals surface area contributed by atoms with Gasteiger partial charge in [0.05, 0.1) is 10.6 Å². The fraction of sp³-hybridized carbons (Fsp3) is 0.385. The van der Waals surface area contributed by atoms with Crippen LogP contribution >= 0.6 is 11.6 Å². The van der Waals surface area contributed by atoms with Crippen LogP contribution in [0, 0.1) is 0 Å². The number of benzene rings is 1. The van der Waals surface area contributed by atoms with Gasteiger partial charge in [0.1, 0.15) is 6.04 Å². The molecule has 1 aliphatic heterocycles. The third-order valence-electron chi connectivity index (χ3n) is 3.15. The lowest BCUT2D eigenvalue weighted by Crippen LogP contribution is -2.41. The first-order chi connectivity index (χ1) is 9.79. The van der Waals surface area contributed by atoms with Crippen LogP contribution in [0.1, 0.15) is 24.0 Å². The predicted octanol–water partition coefficient (Wildman–Crippen LogP) is 2.25. The summed E-state index contributed by atoms with van der Waals surface area (Å²) in [5.41, 5.74) is -0.769. The van der Waals surface area contributed by atoms with Gasteiger partial charge in [-0.25, -0.2) is 0 Å². The molecular weight excluding hydrogens is 309 g/mol. The highest BCUT2D eigenvalue weighted by atomic mass is 35.5. The predicted molar refractivity (Wildman–Crippen MR) is 69.5 cm³/mol. The van der Waals surface area contributed by atoms with E-state index in [0.717, 1.165) is 6.07 Å². The van der Waals surface area contributed by atoms with E-state index in [0.29, 0.717) is 6.42 Å². The first-order valence-corrected chi connectivity index (χ1v) is 6.58. The summed E-state index contributed by atoms with van der Waals surface area (Å²) in [4.78, 5) is 22.8. The molecule has 2 amide bonds.